The van der Waals surface area contributed by atoms with Gasteiger partial charge < -0.3 is 10.6 Å². The molecule has 1 atom stereocenters. The second-order valence-electron chi connectivity index (χ2n) is 4.81. The maximum Gasteiger partial charge on any atom is 0.167 e. The van der Waals surface area contributed by atoms with Gasteiger partial charge in [-0.25, -0.2) is 0 Å². The lowest BCUT2D eigenvalue weighted by atomic mass is 10.1. The summed E-state index contributed by atoms with van der Waals surface area (Å²) in [5.41, 5.74) is 3.65. The Kier molecular flexibility index (Phi) is 5.07. The lowest BCUT2D eigenvalue weighted by Crippen LogP contribution is -2.36. The number of nitrogens with zero attached hydrogens (tertiary/aromatic N) is 1. The van der Waals surface area contributed by atoms with Crippen LogP contribution in [0.4, 0.5) is 0 Å². The van der Waals surface area contributed by atoms with Crippen molar-refractivity contribution in [1.82, 2.24) is 15.6 Å². The highest BCUT2D eigenvalue weighted by Crippen LogP contribution is 2.09. The molecule has 0 saturated heterocycles. The molecule has 0 bridgehead atoms. The lowest BCUT2D eigenvalue weighted by Gasteiger charge is -2.17. The zero-order chi connectivity index (χ0) is 14.4. The average molecular weight is 285 g/mol. The van der Waals surface area contributed by atoms with Crippen LogP contribution >= 0.6 is 12.2 Å². The standard InChI is InChI=1S/C16H19N3S/c1-12-3-5-14(6-4-12)11-18-16(20)19-13(2)15-7-9-17-10-8-15/h3-10,13H,11H2,1-2H3,(H2,18,19,20). The Morgan fingerprint density at radius 1 is 1.15 bits per heavy atom. The largest absolute Gasteiger partial charge is 0.359 e. The number of benzene rings is 1. The van der Waals surface area contributed by atoms with Gasteiger partial charge in [0.05, 0.1) is 6.04 Å². The summed E-state index contributed by atoms with van der Waals surface area (Å²) in [6.45, 7) is 4.89. The summed E-state index contributed by atoms with van der Waals surface area (Å²) >= 11 is 5.32. The normalized spacial score (nSPS) is 11.7. The summed E-state index contributed by atoms with van der Waals surface area (Å²) in [5, 5.41) is 7.16. The molecule has 4 heteroatoms. The average Bonchev–Trinajstić information content (AvgIpc) is 2.47. The topological polar surface area (TPSA) is 37.0 Å². The fourth-order valence-corrected chi connectivity index (χ4v) is 2.12. The molecule has 0 aliphatic heterocycles. The van der Waals surface area contributed by atoms with Crippen molar-refractivity contribution in [3.63, 3.8) is 0 Å². The Morgan fingerprint density at radius 2 is 1.80 bits per heavy atom. The Morgan fingerprint density at radius 3 is 2.45 bits per heavy atom. The molecule has 2 N–H and O–H groups in total. The molecule has 2 aromatic rings. The van der Waals surface area contributed by atoms with Crippen LogP contribution in [0.2, 0.25) is 0 Å². The summed E-state index contributed by atoms with van der Waals surface area (Å²) in [7, 11) is 0. The molecular formula is C16H19N3S. The lowest BCUT2D eigenvalue weighted by molar-refractivity contribution is 0.696. The summed E-state index contributed by atoms with van der Waals surface area (Å²) in [4.78, 5) is 4.01. The maximum atomic E-state index is 5.32. The van der Waals surface area contributed by atoms with Crippen LogP contribution in [0, 0.1) is 6.92 Å². The zero-order valence-electron chi connectivity index (χ0n) is 11.8. The van der Waals surface area contributed by atoms with Crippen molar-refractivity contribution in [2.45, 2.75) is 26.4 Å². The van der Waals surface area contributed by atoms with E-state index in [1.807, 2.05) is 12.1 Å². The van der Waals surface area contributed by atoms with Gasteiger partial charge in [-0.1, -0.05) is 29.8 Å². The van der Waals surface area contributed by atoms with Gasteiger partial charge in [-0.05, 0) is 49.3 Å². The summed E-state index contributed by atoms with van der Waals surface area (Å²) in [5.74, 6) is 0. The molecular weight excluding hydrogens is 266 g/mol. The number of pyridine rings is 1. The third-order valence-electron chi connectivity index (χ3n) is 3.13. The van der Waals surface area contributed by atoms with E-state index >= 15 is 0 Å². The minimum Gasteiger partial charge on any atom is -0.359 e. The fraction of sp³-hybridized carbons (Fsp3) is 0.250. The van der Waals surface area contributed by atoms with Gasteiger partial charge in [0.15, 0.2) is 5.11 Å². The van der Waals surface area contributed by atoms with Crippen LogP contribution in [0.25, 0.3) is 0 Å². The molecule has 1 unspecified atom stereocenters. The highest BCUT2D eigenvalue weighted by atomic mass is 32.1. The van der Waals surface area contributed by atoms with Crippen molar-refractivity contribution < 1.29 is 0 Å². The van der Waals surface area contributed by atoms with Crippen molar-refractivity contribution in [2.24, 2.45) is 0 Å². The molecule has 104 valence electrons. The second-order valence-corrected chi connectivity index (χ2v) is 5.22. The minimum atomic E-state index is 0.163. The molecule has 0 aliphatic carbocycles. The first-order valence-corrected chi connectivity index (χ1v) is 7.06. The zero-order valence-corrected chi connectivity index (χ0v) is 12.6. The Balaban J connectivity index is 1.82. The highest BCUT2D eigenvalue weighted by Gasteiger charge is 2.06. The van der Waals surface area contributed by atoms with Crippen LogP contribution in [0.3, 0.4) is 0 Å². The Hall–Kier alpha value is -1.94. The van der Waals surface area contributed by atoms with E-state index in [-0.39, 0.29) is 6.04 Å². The number of hydrogen-bond donors (Lipinski definition) is 2. The SMILES string of the molecule is Cc1ccc(CNC(=S)NC(C)c2ccncc2)cc1. The molecule has 2 rings (SSSR count). The van der Waals surface area contributed by atoms with Gasteiger partial charge >= 0.3 is 0 Å². The molecule has 0 spiro atoms. The monoisotopic (exact) mass is 285 g/mol. The van der Waals surface area contributed by atoms with Crippen LogP contribution in [-0.2, 0) is 6.54 Å². The molecule has 0 aliphatic rings. The molecule has 0 fully saturated rings. The van der Waals surface area contributed by atoms with E-state index in [0.29, 0.717) is 5.11 Å². The van der Waals surface area contributed by atoms with Crippen molar-refractivity contribution in [3.05, 3.63) is 65.5 Å². The quantitative estimate of drug-likeness (QED) is 0.846. The Labute approximate surface area is 125 Å². The molecule has 1 heterocycles. The van der Waals surface area contributed by atoms with Crippen LogP contribution in [0.5, 0.6) is 0 Å². The summed E-state index contributed by atoms with van der Waals surface area (Å²) in [6, 6.07) is 12.6. The third-order valence-corrected chi connectivity index (χ3v) is 3.39. The van der Waals surface area contributed by atoms with Gasteiger partial charge in [0.2, 0.25) is 0 Å². The first-order valence-electron chi connectivity index (χ1n) is 6.65. The van der Waals surface area contributed by atoms with Crippen molar-refractivity contribution in [1.29, 1.82) is 0 Å². The predicted octanol–water partition coefficient (Wildman–Crippen LogP) is 3.12. The second kappa shape index (κ2) is 7.01. The maximum absolute atomic E-state index is 5.32. The van der Waals surface area contributed by atoms with Gasteiger partial charge in [0.25, 0.3) is 0 Å². The van der Waals surface area contributed by atoms with E-state index in [2.05, 4.69) is 53.7 Å². The molecule has 1 aromatic heterocycles. The van der Waals surface area contributed by atoms with E-state index in [4.69, 9.17) is 12.2 Å². The first kappa shape index (κ1) is 14.5. The van der Waals surface area contributed by atoms with Gasteiger partial charge in [-0.2, -0.15) is 0 Å². The molecule has 0 amide bonds. The molecule has 1 aromatic carbocycles. The molecule has 20 heavy (non-hydrogen) atoms. The third kappa shape index (κ3) is 4.31. The van der Waals surface area contributed by atoms with Gasteiger partial charge in [0.1, 0.15) is 0 Å². The number of aryl methyl sites for hydroxylation is 1. The minimum absolute atomic E-state index is 0.163. The van der Waals surface area contributed by atoms with Crippen molar-refractivity contribution in [3.8, 4) is 0 Å². The molecule has 0 saturated carbocycles. The van der Waals surface area contributed by atoms with Gasteiger partial charge in [-0.3, -0.25) is 4.98 Å². The van der Waals surface area contributed by atoms with Crippen molar-refractivity contribution in [2.75, 3.05) is 0 Å². The van der Waals surface area contributed by atoms with E-state index in [0.717, 1.165) is 6.54 Å². The van der Waals surface area contributed by atoms with E-state index < -0.39 is 0 Å². The highest BCUT2D eigenvalue weighted by molar-refractivity contribution is 7.80. The van der Waals surface area contributed by atoms with Crippen molar-refractivity contribution >= 4 is 17.3 Å². The van der Waals surface area contributed by atoms with E-state index in [1.54, 1.807) is 12.4 Å². The van der Waals surface area contributed by atoms with Crippen LogP contribution in [0.15, 0.2) is 48.8 Å². The smallest absolute Gasteiger partial charge is 0.167 e. The van der Waals surface area contributed by atoms with Crippen LogP contribution in [0.1, 0.15) is 29.7 Å². The number of hydrogen-bond acceptors (Lipinski definition) is 2. The number of thiocarbonyl (C=S) groups is 1. The van der Waals surface area contributed by atoms with Gasteiger partial charge in [-0.15, -0.1) is 0 Å². The number of nitrogens with one attached hydrogen (secondary N) is 2. The number of rotatable bonds is 4. The van der Waals surface area contributed by atoms with Gasteiger partial charge in [0, 0.05) is 18.9 Å². The fourth-order valence-electron chi connectivity index (χ4n) is 1.87. The van der Waals surface area contributed by atoms with E-state index in [1.165, 1.54) is 16.7 Å². The Bertz CT molecular complexity index is 552. The first-order chi connectivity index (χ1) is 9.65. The van der Waals surface area contributed by atoms with Crippen LogP contribution < -0.4 is 10.6 Å². The van der Waals surface area contributed by atoms with E-state index in [9.17, 15) is 0 Å². The predicted molar refractivity (Wildman–Crippen MR) is 86.4 cm³/mol. The number of aromatic nitrogens is 1. The summed E-state index contributed by atoms with van der Waals surface area (Å²) in [6.07, 6.45) is 3.58. The summed E-state index contributed by atoms with van der Waals surface area (Å²) < 4.78 is 0. The molecule has 3 nitrogen and oxygen atoms in total. The van der Waals surface area contributed by atoms with Crippen LogP contribution in [-0.4, -0.2) is 10.1 Å². The molecule has 0 radical (unpaired) electrons.